The van der Waals surface area contributed by atoms with E-state index in [9.17, 15) is 4.79 Å². The summed E-state index contributed by atoms with van der Waals surface area (Å²) < 4.78 is 12.5. The molecule has 110 valence electrons. The van der Waals surface area contributed by atoms with Crippen LogP contribution in [0.25, 0.3) is 0 Å². The van der Waals surface area contributed by atoms with Gasteiger partial charge in [0.05, 0.1) is 23.4 Å². The van der Waals surface area contributed by atoms with Gasteiger partial charge in [0.1, 0.15) is 11.5 Å². The lowest BCUT2D eigenvalue weighted by Crippen LogP contribution is -2.18. The smallest absolute Gasteiger partial charge is 0.275 e. The fraction of sp³-hybridized carbons (Fsp3) is 0.0769. The second-order valence-electron chi connectivity index (χ2n) is 3.81. The van der Waals surface area contributed by atoms with Crippen molar-refractivity contribution in [3.63, 3.8) is 0 Å². The van der Waals surface area contributed by atoms with E-state index < -0.39 is 0 Å². The van der Waals surface area contributed by atoms with E-state index in [0.29, 0.717) is 21.7 Å². The zero-order valence-corrected chi connectivity index (χ0v) is 15.5. The molecule has 0 aliphatic carbocycles. The van der Waals surface area contributed by atoms with Gasteiger partial charge in [0.25, 0.3) is 5.91 Å². The van der Waals surface area contributed by atoms with E-state index in [-0.39, 0.29) is 5.91 Å². The largest absolute Gasteiger partial charge is 0.496 e. The van der Waals surface area contributed by atoms with Gasteiger partial charge in [-0.1, -0.05) is 15.9 Å². The third-order valence-electron chi connectivity index (χ3n) is 2.43. The molecule has 0 radical (unpaired) electrons. The van der Waals surface area contributed by atoms with Gasteiger partial charge in [0.2, 0.25) is 0 Å². The third-order valence-corrected chi connectivity index (χ3v) is 4.63. The van der Waals surface area contributed by atoms with Crippen LogP contribution >= 0.6 is 47.8 Å². The summed E-state index contributed by atoms with van der Waals surface area (Å²) in [7, 11) is 1.50. The van der Waals surface area contributed by atoms with Crippen molar-refractivity contribution in [2.45, 2.75) is 0 Å². The molecule has 0 saturated heterocycles. The zero-order chi connectivity index (χ0) is 15.4. The molecule has 1 heterocycles. The molecular formula is C13H9Br3N2O3. The van der Waals surface area contributed by atoms with Crippen molar-refractivity contribution in [2.24, 2.45) is 5.10 Å². The zero-order valence-electron chi connectivity index (χ0n) is 10.7. The molecule has 2 rings (SSSR count). The van der Waals surface area contributed by atoms with Gasteiger partial charge < -0.3 is 9.15 Å². The summed E-state index contributed by atoms with van der Waals surface area (Å²) in [5.74, 6) is 0.582. The summed E-state index contributed by atoms with van der Waals surface area (Å²) in [6.45, 7) is 0. The number of methoxy groups -OCH3 is 1. The summed E-state index contributed by atoms with van der Waals surface area (Å²) in [5.41, 5.74) is 2.80. The van der Waals surface area contributed by atoms with E-state index >= 15 is 0 Å². The average molecular weight is 481 g/mol. The minimum Gasteiger partial charge on any atom is -0.496 e. The van der Waals surface area contributed by atoms with Gasteiger partial charge in [-0.3, -0.25) is 4.79 Å². The van der Waals surface area contributed by atoms with E-state index in [1.54, 1.807) is 24.3 Å². The number of carbonyl (C=O) groups excluding carboxylic acids is 1. The number of halogens is 3. The van der Waals surface area contributed by atoms with Crippen molar-refractivity contribution in [3.8, 4) is 5.75 Å². The normalized spacial score (nSPS) is 10.9. The molecule has 0 aliphatic rings. The van der Waals surface area contributed by atoms with Crippen molar-refractivity contribution >= 4 is 59.9 Å². The second-order valence-corrected chi connectivity index (χ2v) is 6.30. The Kier molecular flexibility index (Phi) is 5.60. The number of hydrazone groups is 1. The standard InChI is InChI=1S/C13H9Br3N2O3/c1-20-11-3-2-7(14)4-9(11)13(19)18-17-6-8-5-10(15)12(16)21-8/h2-6H,1H3,(H,18,19). The number of furan rings is 1. The predicted molar refractivity (Wildman–Crippen MR) is 89.9 cm³/mol. The number of benzene rings is 1. The quantitative estimate of drug-likeness (QED) is 0.523. The SMILES string of the molecule is COc1ccc(Br)cc1C(=O)NN=Cc1cc(Br)c(Br)o1. The molecule has 0 atom stereocenters. The topological polar surface area (TPSA) is 63.8 Å². The first kappa shape index (κ1) is 16.3. The molecule has 8 heteroatoms. The average Bonchev–Trinajstić information content (AvgIpc) is 2.77. The molecule has 0 bridgehead atoms. The van der Waals surface area contributed by atoms with Crippen LogP contribution in [0, 0.1) is 0 Å². The third kappa shape index (κ3) is 4.18. The van der Waals surface area contributed by atoms with Crippen LogP contribution in [0.15, 0.2) is 47.4 Å². The maximum atomic E-state index is 12.1. The van der Waals surface area contributed by atoms with Crippen LogP contribution in [0.4, 0.5) is 0 Å². The number of hydrogen-bond donors (Lipinski definition) is 1. The van der Waals surface area contributed by atoms with Crippen LogP contribution in [0.3, 0.4) is 0 Å². The maximum absolute atomic E-state index is 12.1. The number of ether oxygens (including phenoxy) is 1. The van der Waals surface area contributed by atoms with Crippen molar-refractivity contribution in [3.05, 3.63) is 49.2 Å². The highest BCUT2D eigenvalue weighted by atomic mass is 79.9. The summed E-state index contributed by atoms with van der Waals surface area (Å²) in [6.07, 6.45) is 1.40. The van der Waals surface area contributed by atoms with Gasteiger partial charge in [-0.05, 0) is 50.1 Å². The van der Waals surface area contributed by atoms with Gasteiger partial charge in [0.15, 0.2) is 4.67 Å². The Balaban J connectivity index is 2.10. The van der Waals surface area contributed by atoms with Crippen molar-refractivity contribution in [2.75, 3.05) is 7.11 Å². The Morgan fingerprint density at radius 1 is 1.33 bits per heavy atom. The first-order valence-electron chi connectivity index (χ1n) is 5.63. The molecule has 1 amide bonds. The van der Waals surface area contributed by atoms with Gasteiger partial charge in [-0.15, -0.1) is 0 Å². The summed E-state index contributed by atoms with van der Waals surface area (Å²) >= 11 is 9.82. The highest BCUT2D eigenvalue weighted by Gasteiger charge is 2.12. The Labute approximate surface area is 146 Å². The molecular weight excluding hydrogens is 472 g/mol. The van der Waals surface area contributed by atoms with Crippen LogP contribution < -0.4 is 10.2 Å². The van der Waals surface area contributed by atoms with E-state index in [2.05, 4.69) is 58.3 Å². The molecule has 0 spiro atoms. The summed E-state index contributed by atoms with van der Waals surface area (Å²) in [5, 5.41) is 3.85. The number of carbonyl (C=O) groups is 1. The maximum Gasteiger partial charge on any atom is 0.275 e. The van der Waals surface area contributed by atoms with Crippen LogP contribution in [0.1, 0.15) is 16.1 Å². The lowest BCUT2D eigenvalue weighted by Gasteiger charge is -2.07. The van der Waals surface area contributed by atoms with Crippen molar-refractivity contribution < 1.29 is 13.9 Å². The highest BCUT2D eigenvalue weighted by Crippen LogP contribution is 2.26. The minimum absolute atomic E-state index is 0.380. The van der Waals surface area contributed by atoms with E-state index in [0.717, 1.165) is 8.95 Å². The van der Waals surface area contributed by atoms with Crippen LogP contribution in [-0.4, -0.2) is 19.2 Å². The van der Waals surface area contributed by atoms with Crippen LogP contribution in [0.5, 0.6) is 5.75 Å². The Hall–Kier alpha value is -1.12. The molecule has 1 aromatic carbocycles. The number of hydrogen-bond acceptors (Lipinski definition) is 4. The molecule has 0 aliphatic heterocycles. The number of nitrogens with one attached hydrogen (secondary N) is 1. The highest BCUT2D eigenvalue weighted by molar-refractivity contribution is 9.13. The minimum atomic E-state index is -0.380. The Morgan fingerprint density at radius 3 is 2.71 bits per heavy atom. The van der Waals surface area contributed by atoms with Gasteiger partial charge in [-0.25, -0.2) is 5.43 Å². The van der Waals surface area contributed by atoms with Gasteiger partial charge in [0, 0.05) is 10.5 Å². The lowest BCUT2D eigenvalue weighted by molar-refractivity contribution is 0.0952. The molecule has 2 aromatic rings. The fourth-order valence-corrected chi connectivity index (χ4v) is 2.47. The first-order chi connectivity index (χ1) is 10.0. The molecule has 0 saturated carbocycles. The molecule has 1 N–H and O–H groups in total. The molecule has 0 fully saturated rings. The van der Waals surface area contributed by atoms with Crippen LogP contribution in [0.2, 0.25) is 0 Å². The van der Waals surface area contributed by atoms with Crippen molar-refractivity contribution in [1.82, 2.24) is 5.43 Å². The predicted octanol–water partition coefficient (Wildman–Crippen LogP) is 4.34. The lowest BCUT2D eigenvalue weighted by atomic mass is 10.2. The fourth-order valence-electron chi connectivity index (χ4n) is 1.50. The monoisotopic (exact) mass is 478 g/mol. The van der Waals surface area contributed by atoms with Crippen LogP contribution in [-0.2, 0) is 0 Å². The van der Waals surface area contributed by atoms with E-state index in [4.69, 9.17) is 9.15 Å². The van der Waals surface area contributed by atoms with Gasteiger partial charge in [-0.2, -0.15) is 5.10 Å². The summed E-state index contributed by atoms with van der Waals surface area (Å²) in [6, 6.07) is 6.86. The first-order valence-corrected chi connectivity index (χ1v) is 8.01. The number of amides is 1. The number of nitrogens with zero attached hydrogens (tertiary/aromatic N) is 1. The Bertz CT molecular complexity index is 678. The molecule has 21 heavy (non-hydrogen) atoms. The molecule has 1 aromatic heterocycles. The number of rotatable bonds is 4. The summed E-state index contributed by atoms with van der Waals surface area (Å²) in [4.78, 5) is 12.1. The van der Waals surface area contributed by atoms with Crippen molar-refractivity contribution in [1.29, 1.82) is 0 Å². The van der Waals surface area contributed by atoms with Gasteiger partial charge >= 0.3 is 0 Å². The molecule has 0 unspecified atom stereocenters. The second kappa shape index (κ2) is 7.24. The molecule has 5 nitrogen and oxygen atoms in total. The Morgan fingerprint density at radius 2 is 2.10 bits per heavy atom. The van der Waals surface area contributed by atoms with E-state index in [1.165, 1.54) is 13.3 Å². The van der Waals surface area contributed by atoms with E-state index in [1.807, 2.05) is 0 Å².